The van der Waals surface area contributed by atoms with Crippen molar-refractivity contribution in [3.05, 3.63) is 75.3 Å². The minimum atomic E-state index is -0.657. The van der Waals surface area contributed by atoms with E-state index in [-0.39, 0.29) is 30.2 Å². The lowest BCUT2D eigenvalue weighted by atomic mass is 10.1. The van der Waals surface area contributed by atoms with Crippen molar-refractivity contribution in [2.45, 2.75) is 19.9 Å². The second-order valence-electron chi connectivity index (χ2n) is 7.37. The van der Waals surface area contributed by atoms with Crippen molar-refractivity contribution in [1.29, 1.82) is 0 Å². The van der Waals surface area contributed by atoms with E-state index >= 15 is 0 Å². The minimum absolute atomic E-state index is 0.134. The lowest BCUT2D eigenvalue weighted by Gasteiger charge is -2.34. The number of nitro groups is 1. The smallest absolute Gasteiger partial charge is 0.311 e. The van der Waals surface area contributed by atoms with E-state index in [1.54, 1.807) is 11.0 Å². The Bertz CT molecular complexity index is 922. The van der Waals surface area contributed by atoms with E-state index in [9.17, 15) is 19.7 Å². The summed E-state index contributed by atoms with van der Waals surface area (Å²) in [4.78, 5) is 38.9. The molecule has 2 aromatic rings. The van der Waals surface area contributed by atoms with Crippen LogP contribution in [0.15, 0.2) is 48.5 Å². The predicted molar refractivity (Wildman–Crippen MR) is 111 cm³/mol. The summed E-state index contributed by atoms with van der Waals surface area (Å²) in [5, 5.41) is 11.0. The molecule has 1 aliphatic rings. The fourth-order valence-corrected chi connectivity index (χ4v) is 3.50. The molecule has 2 aromatic carbocycles. The minimum Gasteiger partial charge on any atom is -0.455 e. The Hall–Kier alpha value is -3.26. The molecule has 8 nitrogen and oxygen atoms in total. The maximum atomic E-state index is 12.4. The summed E-state index contributed by atoms with van der Waals surface area (Å²) in [6, 6.07) is 14.4. The van der Waals surface area contributed by atoms with Crippen LogP contribution in [0.1, 0.15) is 16.7 Å². The fourth-order valence-electron chi connectivity index (χ4n) is 3.50. The van der Waals surface area contributed by atoms with Gasteiger partial charge in [0.2, 0.25) is 0 Å². The Labute approximate surface area is 175 Å². The van der Waals surface area contributed by atoms with E-state index < -0.39 is 10.9 Å². The van der Waals surface area contributed by atoms with Crippen LogP contribution in [0.2, 0.25) is 0 Å². The maximum absolute atomic E-state index is 12.4. The highest BCUT2D eigenvalue weighted by Gasteiger charge is 2.23. The Balaban J connectivity index is 1.43. The molecule has 0 saturated carbocycles. The van der Waals surface area contributed by atoms with Crippen molar-refractivity contribution in [3.63, 3.8) is 0 Å². The third-order valence-corrected chi connectivity index (χ3v) is 5.09. The SMILES string of the molecule is Cc1cccc(CN2CCN(C(=O)COC(=O)Cc3ccccc3[N+](=O)[O-])CC2)c1. The van der Waals surface area contributed by atoms with Gasteiger partial charge >= 0.3 is 5.97 Å². The number of nitrogens with zero attached hydrogens (tertiary/aromatic N) is 3. The first-order valence-corrected chi connectivity index (χ1v) is 9.86. The van der Waals surface area contributed by atoms with Crippen molar-refractivity contribution >= 4 is 17.6 Å². The first kappa shape index (κ1) is 21.4. The highest BCUT2D eigenvalue weighted by atomic mass is 16.6. The fraction of sp³-hybridized carbons (Fsp3) is 0.364. The Morgan fingerprint density at radius 1 is 1.07 bits per heavy atom. The van der Waals surface area contributed by atoms with E-state index in [2.05, 4.69) is 30.0 Å². The zero-order valence-electron chi connectivity index (χ0n) is 17.0. The first-order valence-electron chi connectivity index (χ1n) is 9.86. The van der Waals surface area contributed by atoms with Crippen LogP contribution >= 0.6 is 0 Å². The second-order valence-corrected chi connectivity index (χ2v) is 7.37. The van der Waals surface area contributed by atoms with Gasteiger partial charge in [0.1, 0.15) is 0 Å². The summed E-state index contributed by atoms with van der Waals surface area (Å²) < 4.78 is 5.07. The van der Waals surface area contributed by atoms with Gasteiger partial charge in [-0.3, -0.25) is 24.6 Å². The Morgan fingerprint density at radius 3 is 2.50 bits per heavy atom. The largest absolute Gasteiger partial charge is 0.455 e. The van der Waals surface area contributed by atoms with Gasteiger partial charge in [0, 0.05) is 44.4 Å². The number of nitro benzene ring substituents is 1. The number of para-hydroxylation sites is 1. The van der Waals surface area contributed by atoms with E-state index in [1.165, 1.54) is 29.3 Å². The second kappa shape index (κ2) is 9.98. The van der Waals surface area contributed by atoms with Gasteiger partial charge in [-0.05, 0) is 12.5 Å². The summed E-state index contributed by atoms with van der Waals surface area (Å²) >= 11 is 0. The summed E-state index contributed by atoms with van der Waals surface area (Å²) in [6.07, 6.45) is -0.241. The highest BCUT2D eigenvalue weighted by molar-refractivity contribution is 5.81. The third kappa shape index (κ3) is 5.87. The molecule has 1 aliphatic heterocycles. The Morgan fingerprint density at radius 2 is 1.80 bits per heavy atom. The van der Waals surface area contributed by atoms with Crippen molar-refractivity contribution in [1.82, 2.24) is 9.80 Å². The van der Waals surface area contributed by atoms with Crippen molar-refractivity contribution in [2.75, 3.05) is 32.8 Å². The number of aryl methyl sites for hydroxylation is 1. The normalized spacial score (nSPS) is 14.4. The molecule has 1 saturated heterocycles. The Kier molecular flexibility index (Phi) is 7.13. The number of hydrogen-bond acceptors (Lipinski definition) is 6. The van der Waals surface area contributed by atoms with Crippen LogP contribution in [0.5, 0.6) is 0 Å². The first-order chi connectivity index (χ1) is 14.4. The number of hydrogen-bond donors (Lipinski definition) is 0. The molecule has 0 unspecified atom stereocenters. The molecule has 0 radical (unpaired) electrons. The summed E-state index contributed by atoms with van der Waals surface area (Å²) in [5.74, 6) is -0.906. The van der Waals surface area contributed by atoms with Gasteiger partial charge in [0.05, 0.1) is 11.3 Å². The quantitative estimate of drug-likeness (QED) is 0.394. The molecule has 8 heteroatoms. The van der Waals surface area contributed by atoms with E-state index in [0.717, 1.165) is 19.6 Å². The molecular formula is C22H25N3O5. The monoisotopic (exact) mass is 411 g/mol. The number of ether oxygens (including phenoxy) is 1. The van der Waals surface area contributed by atoms with Crippen LogP contribution in [0, 0.1) is 17.0 Å². The van der Waals surface area contributed by atoms with E-state index in [1.807, 2.05) is 6.07 Å². The zero-order valence-corrected chi connectivity index (χ0v) is 17.0. The van der Waals surface area contributed by atoms with Gasteiger partial charge in [0.25, 0.3) is 11.6 Å². The number of carbonyl (C=O) groups excluding carboxylic acids is 2. The van der Waals surface area contributed by atoms with E-state index in [4.69, 9.17) is 4.74 Å². The van der Waals surface area contributed by atoms with Gasteiger partial charge in [-0.2, -0.15) is 0 Å². The van der Waals surface area contributed by atoms with E-state index in [0.29, 0.717) is 13.1 Å². The number of rotatable bonds is 7. The van der Waals surface area contributed by atoms with Gasteiger partial charge in [-0.15, -0.1) is 0 Å². The van der Waals surface area contributed by atoms with Crippen molar-refractivity contribution in [3.8, 4) is 0 Å². The number of carbonyl (C=O) groups is 2. The standard InChI is InChI=1S/C22H25N3O5/c1-17-5-4-6-18(13-17)15-23-9-11-24(12-10-23)21(26)16-30-22(27)14-19-7-2-3-8-20(19)25(28)29/h2-8,13H,9-12,14-16H2,1H3. The van der Waals surface area contributed by atoms with Crippen LogP contribution in [0.4, 0.5) is 5.69 Å². The third-order valence-electron chi connectivity index (χ3n) is 5.09. The average Bonchev–Trinajstić information content (AvgIpc) is 2.73. The number of amides is 1. The molecule has 0 aromatic heterocycles. The molecule has 1 fully saturated rings. The lowest BCUT2D eigenvalue weighted by Crippen LogP contribution is -2.49. The predicted octanol–water partition coefficient (Wildman–Crippen LogP) is 2.33. The number of benzene rings is 2. The zero-order chi connectivity index (χ0) is 21.5. The van der Waals surface area contributed by atoms with Crippen molar-refractivity contribution < 1.29 is 19.2 Å². The highest BCUT2D eigenvalue weighted by Crippen LogP contribution is 2.18. The number of esters is 1. The molecule has 0 N–H and O–H groups in total. The van der Waals surface area contributed by atoms with Crippen LogP contribution in [0.3, 0.4) is 0 Å². The maximum Gasteiger partial charge on any atom is 0.311 e. The lowest BCUT2D eigenvalue weighted by molar-refractivity contribution is -0.385. The van der Waals surface area contributed by atoms with Crippen LogP contribution < -0.4 is 0 Å². The molecule has 0 aliphatic carbocycles. The number of piperazine rings is 1. The molecule has 30 heavy (non-hydrogen) atoms. The molecule has 0 spiro atoms. The van der Waals surface area contributed by atoms with Gasteiger partial charge < -0.3 is 9.64 Å². The molecule has 1 heterocycles. The van der Waals surface area contributed by atoms with Gasteiger partial charge in [-0.1, -0.05) is 48.0 Å². The average molecular weight is 411 g/mol. The van der Waals surface area contributed by atoms with Gasteiger partial charge in [0.15, 0.2) is 6.61 Å². The molecule has 1 amide bonds. The summed E-state index contributed by atoms with van der Waals surface area (Å²) in [5.41, 5.74) is 2.61. The molecule has 0 bridgehead atoms. The van der Waals surface area contributed by atoms with Crippen LogP contribution in [-0.2, 0) is 27.3 Å². The van der Waals surface area contributed by atoms with Crippen molar-refractivity contribution in [2.24, 2.45) is 0 Å². The van der Waals surface area contributed by atoms with Crippen LogP contribution in [-0.4, -0.2) is 59.4 Å². The molecule has 3 rings (SSSR count). The topological polar surface area (TPSA) is 93.0 Å². The summed E-state index contributed by atoms with van der Waals surface area (Å²) in [7, 11) is 0. The summed E-state index contributed by atoms with van der Waals surface area (Å²) in [6.45, 7) is 5.22. The van der Waals surface area contributed by atoms with Gasteiger partial charge in [-0.25, -0.2) is 0 Å². The molecular weight excluding hydrogens is 386 g/mol. The molecule has 0 atom stereocenters. The van der Waals surface area contributed by atoms with Crippen LogP contribution in [0.25, 0.3) is 0 Å². The molecule has 158 valence electrons.